The Hall–Kier alpha value is -1.02. The Morgan fingerprint density at radius 1 is 1.29 bits per heavy atom. The van der Waals surface area contributed by atoms with Gasteiger partial charge in [-0.05, 0) is 55.2 Å². The third kappa shape index (κ3) is 2.63. The Morgan fingerprint density at radius 2 is 2.29 bits per heavy atom. The van der Waals surface area contributed by atoms with Crippen molar-refractivity contribution < 1.29 is 4.74 Å². The van der Waals surface area contributed by atoms with E-state index < -0.39 is 0 Å². The molecule has 17 heavy (non-hydrogen) atoms. The molecule has 2 aliphatic rings. The second-order valence-corrected chi connectivity index (χ2v) is 5.31. The number of anilines is 1. The van der Waals surface area contributed by atoms with Gasteiger partial charge in [-0.2, -0.15) is 0 Å². The highest BCUT2D eigenvalue weighted by Gasteiger charge is 2.15. The first-order valence-corrected chi connectivity index (χ1v) is 6.85. The van der Waals surface area contributed by atoms with E-state index in [-0.39, 0.29) is 0 Å². The zero-order chi connectivity index (χ0) is 11.5. The first-order chi connectivity index (χ1) is 8.42. The molecule has 1 aromatic rings. The van der Waals surface area contributed by atoms with Gasteiger partial charge in [0.15, 0.2) is 0 Å². The van der Waals surface area contributed by atoms with E-state index in [1.54, 1.807) is 0 Å². The van der Waals surface area contributed by atoms with Gasteiger partial charge in [-0.25, -0.2) is 0 Å². The highest BCUT2D eigenvalue weighted by Crippen LogP contribution is 2.25. The van der Waals surface area contributed by atoms with Crippen LogP contribution in [-0.2, 0) is 17.6 Å². The molecule has 92 valence electrons. The van der Waals surface area contributed by atoms with Crippen LogP contribution in [0.1, 0.15) is 30.4 Å². The lowest BCUT2D eigenvalue weighted by Crippen LogP contribution is -2.19. The molecule has 0 aromatic heterocycles. The number of hydrogen-bond donors (Lipinski definition) is 1. The SMILES string of the molecule is c1cc2c(cc1CC1CCCOC1)CCCN2. The predicted octanol–water partition coefficient (Wildman–Crippen LogP) is 3.01. The van der Waals surface area contributed by atoms with Crippen LogP contribution in [0.15, 0.2) is 18.2 Å². The molecule has 0 bridgehead atoms. The van der Waals surface area contributed by atoms with Gasteiger partial charge in [-0.1, -0.05) is 12.1 Å². The first-order valence-electron chi connectivity index (χ1n) is 6.85. The van der Waals surface area contributed by atoms with E-state index in [0.29, 0.717) is 0 Å². The smallest absolute Gasteiger partial charge is 0.0497 e. The third-order valence-electron chi connectivity index (χ3n) is 3.89. The third-order valence-corrected chi connectivity index (χ3v) is 3.89. The van der Waals surface area contributed by atoms with E-state index in [4.69, 9.17) is 4.74 Å². The Morgan fingerprint density at radius 3 is 3.18 bits per heavy atom. The molecule has 3 rings (SSSR count). The van der Waals surface area contributed by atoms with Crippen LogP contribution in [0.25, 0.3) is 0 Å². The molecular formula is C15H21NO. The maximum Gasteiger partial charge on any atom is 0.0497 e. The van der Waals surface area contributed by atoms with Crippen molar-refractivity contribution >= 4 is 5.69 Å². The topological polar surface area (TPSA) is 21.3 Å². The average Bonchev–Trinajstić information content (AvgIpc) is 2.40. The van der Waals surface area contributed by atoms with Crippen molar-refractivity contribution in [3.05, 3.63) is 29.3 Å². The number of aryl methyl sites for hydroxylation is 1. The summed E-state index contributed by atoms with van der Waals surface area (Å²) < 4.78 is 5.55. The molecule has 2 heteroatoms. The lowest BCUT2D eigenvalue weighted by atomic mass is 9.92. The zero-order valence-corrected chi connectivity index (χ0v) is 10.4. The molecule has 0 radical (unpaired) electrons. The quantitative estimate of drug-likeness (QED) is 0.844. The first kappa shape index (κ1) is 11.1. The van der Waals surface area contributed by atoms with Gasteiger partial charge in [0.25, 0.3) is 0 Å². The fourth-order valence-electron chi connectivity index (χ4n) is 2.96. The van der Waals surface area contributed by atoms with E-state index >= 15 is 0 Å². The van der Waals surface area contributed by atoms with Crippen molar-refractivity contribution in [3.63, 3.8) is 0 Å². The Labute approximate surface area is 103 Å². The molecule has 0 spiro atoms. The molecule has 0 saturated carbocycles. The van der Waals surface area contributed by atoms with Gasteiger partial charge in [0.05, 0.1) is 0 Å². The lowest BCUT2D eigenvalue weighted by Gasteiger charge is -2.23. The minimum atomic E-state index is 0.735. The van der Waals surface area contributed by atoms with Crippen molar-refractivity contribution in [2.24, 2.45) is 5.92 Å². The zero-order valence-electron chi connectivity index (χ0n) is 10.4. The summed E-state index contributed by atoms with van der Waals surface area (Å²) in [4.78, 5) is 0. The van der Waals surface area contributed by atoms with Gasteiger partial charge in [-0.3, -0.25) is 0 Å². The van der Waals surface area contributed by atoms with Gasteiger partial charge in [0.1, 0.15) is 0 Å². The minimum absolute atomic E-state index is 0.735. The maximum absolute atomic E-state index is 5.55. The van der Waals surface area contributed by atoms with Crippen molar-refractivity contribution in [3.8, 4) is 0 Å². The highest BCUT2D eigenvalue weighted by molar-refractivity contribution is 5.54. The standard InChI is InChI=1S/C15H21NO/c1-4-14-10-12(5-6-15(14)16-7-1)9-13-3-2-8-17-11-13/h5-6,10,13,16H,1-4,7-9,11H2. The molecule has 2 nitrogen and oxygen atoms in total. The number of ether oxygens (including phenoxy) is 1. The van der Waals surface area contributed by atoms with Gasteiger partial charge in [0, 0.05) is 25.4 Å². The Bertz CT molecular complexity index is 383. The van der Waals surface area contributed by atoms with Crippen molar-refractivity contribution in [2.45, 2.75) is 32.1 Å². The van der Waals surface area contributed by atoms with Crippen LogP contribution in [0.2, 0.25) is 0 Å². The van der Waals surface area contributed by atoms with Crippen LogP contribution < -0.4 is 5.32 Å². The molecule has 1 saturated heterocycles. The predicted molar refractivity (Wildman–Crippen MR) is 70.5 cm³/mol. The molecule has 2 aliphatic heterocycles. The van der Waals surface area contributed by atoms with Crippen LogP contribution in [-0.4, -0.2) is 19.8 Å². The highest BCUT2D eigenvalue weighted by atomic mass is 16.5. The molecule has 1 fully saturated rings. The maximum atomic E-state index is 5.55. The van der Waals surface area contributed by atoms with Crippen LogP contribution in [0, 0.1) is 5.92 Å². The van der Waals surface area contributed by atoms with Crippen molar-refractivity contribution in [1.82, 2.24) is 0 Å². The summed E-state index contributed by atoms with van der Waals surface area (Å²) in [6, 6.07) is 6.94. The van der Waals surface area contributed by atoms with E-state index in [9.17, 15) is 0 Å². The van der Waals surface area contributed by atoms with E-state index in [1.807, 2.05) is 0 Å². The summed E-state index contributed by atoms with van der Waals surface area (Å²) in [6.45, 7) is 3.04. The summed E-state index contributed by atoms with van der Waals surface area (Å²) >= 11 is 0. The molecule has 1 atom stereocenters. The van der Waals surface area contributed by atoms with Gasteiger partial charge in [0.2, 0.25) is 0 Å². The second-order valence-electron chi connectivity index (χ2n) is 5.31. The Kier molecular flexibility index (Phi) is 3.32. The van der Waals surface area contributed by atoms with Crippen molar-refractivity contribution in [2.75, 3.05) is 25.1 Å². The number of nitrogens with one attached hydrogen (secondary N) is 1. The van der Waals surface area contributed by atoms with Crippen molar-refractivity contribution in [1.29, 1.82) is 0 Å². The average molecular weight is 231 g/mol. The molecule has 1 N–H and O–H groups in total. The lowest BCUT2D eigenvalue weighted by molar-refractivity contribution is 0.0550. The fraction of sp³-hybridized carbons (Fsp3) is 0.600. The van der Waals surface area contributed by atoms with E-state index in [1.165, 1.54) is 48.9 Å². The largest absolute Gasteiger partial charge is 0.385 e. The monoisotopic (exact) mass is 231 g/mol. The van der Waals surface area contributed by atoms with Crippen LogP contribution in [0.5, 0.6) is 0 Å². The van der Waals surface area contributed by atoms with E-state index in [0.717, 1.165) is 25.7 Å². The van der Waals surface area contributed by atoms with Gasteiger partial charge >= 0.3 is 0 Å². The summed E-state index contributed by atoms with van der Waals surface area (Å²) in [5.74, 6) is 0.735. The summed E-state index contributed by atoms with van der Waals surface area (Å²) in [6.07, 6.45) is 6.25. The number of rotatable bonds is 2. The van der Waals surface area contributed by atoms with E-state index in [2.05, 4.69) is 23.5 Å². The molecule has 1 aromatic carbocycles. The number of hydrogen-bond acceptors (Lipinski definition) is 2. The second kappa shape index (κ2) is 5.09. The molecular weight excluding hydrogens is 210 g/mol. The fourth-order valence-corrected chi connectivity index (χ4v) is 2.96. The summed E-state index contributed by atoms with van der Waals surface area (Å²) in [5.41, 5.74) is 4.34. The summed E-state index contributed by atoms with van der Waals surface area (Å²) in [7, 11) is 0. The number of benzene rings is 1. The summed E-state index contributed by atoms with van der Waals surface area (Å²) in [5, 5.41) is 3.47. The van der Waals surface area contributed by atoms with Gasteiger partial charge < -0.3 is 10.1 Å². The van der Waals surface area contributed by atoms with Crippen LogP contribution in [0.4, 0.5) is 5.69 Å². The Balaban J connectivity index is 1.70. The molecule has 0 amide bonds. The number of fused-ring (bicyclic) bond motifs is 1. The molecule has 0 aliphatic carbocycles. The normalized spacial score (nSPS) is 23.9. The van der Waals surface area contributed by atoms with Gasteiger partial charge in [-0.15, -0.1) is 0 Å². The molecule has 2 heterocycles. The minimum Gasteiger partial charge on any atom is -0.385 e. The molecule has 1 unspecified atom stereocenters. The van der Waals surface area contributed by atoms with Crippen LogP contribution in [0.3, 0.4) is 0 Å². The van der Waals surface area contributed by atoms with Crippen LogP contribution >= 0.6 is 0 Å².